The molecule has 1 aromatic heterocycles. The number of nitrogens with one attached hydrogen (secondary N) is 2. The second kappa shape index (κ2) is 7.03. The molecule has 0 radical (unpaired) electrons. The van der Waals surface area contributed by atoms with Crippen molar-refractivity contribution in [3.63, 3.8) is 0 Å². The monoisotopic (exact) mass is 390 g/mol. The number of benzene rings is 1. The second-order valence-electron chi connectivity index (χ2n) is 6.36. The minimum atomic E-state index is -3.05. The molecular weight excluding hydrogens is 372 g/mol. The summed E-state index contributed by atoms with van der Waals surface area (Å²) in [6, 6.07) is 8.23. The molecule has 142 valence electrons. The average molecular weight is 390 g/mol. The maximum absolute atomic E-state index is 12.2. The summed E-state index contributed by atoms with van der Waals surface area (Å²) in [5, 5.41) is 13.7. The van der Waals surface area contributed by atoms with Crippen molar-refractivity contribution >= 4 is 27.2 Å². The van der Waals surface area contributed by atoms with Crippen LogP contribution in [0.5, 0.6) is 11.5 Å². The van der Waals surface area contributed by atoms with Crippen LogP contribution in [0.15, 0.2) is 30.3 Å². The molecule has 1 fully saturated rings. The van der Waals surface area contributed by atoms with Crippen molar-refractivity contribution in [1.29, 1.82) is 0 Å². The maximum Gasteiger partial charge on any atom is 0.272 e. The first-order valence-corrected chi connectivity index (χ1v) is 10.3. The van der Waals surface area contributed by atoms with Crippen LogP contribution >= 0.6 is 0 Å². The van der Waals surface area contributed by atoms with E-state index in [1.165, 1.54) is 6.07 Å². The molecule has 2 aliphatic heterocycles. The Morgan fingerprint density at radius 3 is 2.59 bits per heavy atom. The van der Waals surface area contributed by atoms with Crippen LogP contribution in [0.1, 0.15) is 16.9 Å². The average Bonchev–Trinajstić information content (AvgIpc) is 3.00. The molecule has 3 heterocycles. The predicted octanol–water partition coefficient (Wildman–Crippen LogP) is 0.908. The fourth-order valence-corrected chi connectivity index (χ4v) is 4.63. The van der Waals surface area contributed by atoms with Crippen LogP contribution in [0.4, 0.5) is 11.5 Å². The van der Waals surface area contributed by atoms with Crippen molar-refractivity contribution < 1.29 is 22.7 Å². The lowest BCUT2D eigenvalue weighted by molar-refractivity contribution is 0.0935. The zero-order chi connectivity index (χ0) is 18.9. The molecule has 2 aliphatic rings. The van der Waals surface area contributed by atoms with E-state index < -0.39 is 15.7 Å². The molecule has 0 spiro atoms. The van der Waals surface area contributed by atoms with Crippen molar-refractivity contribution in [3.8, 4) is 11.5 Å². The van der Waals surface area contributed by atoms with Gasteiger partial charge in [0.25, 0.3) is 5.91 Å². The Morgan fingerprint density at radius 1 is 1.07 bits per heavy atom. The zero-order valence-electron chi connectivity index (χ0n) is 14.3. The van der Waals surface area contributed by atoms with E-state index in [1.54, 1.807) is 12.1 Å². The van der Waals surface area contributed by atoms with E-state index in [2.05, 4.69) is 20.8 Å². The van der Waals surface area contributed by atoms with E-state index in [0.29, 0.717) is 37.0 Å². The largest absolute Gasteiger partial charge is 0.486 e. The third-order valence-corrected chi connectivity index (χ3v) is 6.05. The van der Waals surface area contributed by atoms with Crippen molar-refractivity contribution in [2.75, 3.05) is 30.0 Å². The number of fused-ring (bicyclic) bond motifs is 1. The lowest BCUT2D eigenvalue weighted by Crippen LogP contribution is -2.36. The highest BCUT2D eigenvalue weighted by atomic mass is 32.2. The molecule has 0 saturated carbocycles. The molecule has 0 aliphatic carbocycles. The van der Waals surface area contributed by atoms with Gasteiger partial charge in [0, 0.05) is 17.8 Å². The summed E-state index contributed by atoms with van der Waals surface area (Å²) in [5.41, 5.74) is 0.883. The summed E-state index contributed by atoms with van der Waals surface area (Å²) in [6.45, 7) is 1.03. The molecule has 1 amide bonds. The number of nitrogens with zero attached hydrogens (tertiary/aromatic N) is 2. The van der Waals surface area contributed by atoms with Crippen LogP contribution in [-0.4, -0.2) is 55.3 Å². The van der Waals surface area contributed by atoms with Crippen LogP contribution in [0.3, 0.4) is 0 Å². The lowest BCUT2D eigenvalue weighted by atomic mass is 10.2. The van der Waals surface area contributed by atoms with Gasteiger partial charge < -0.3 is 20.1 Å². The maximum atomic E-state index is 12.2. The van der Waals surface area contributed by atoms with Gasteiger partial charge in [-0.15, -0.1) is 10.2 Å². The quantitative estimate of drug-likeness (QED) is 0.791. The van der Waals surface area contributed by atoms with Crippen molar-refractivity contribution in [2.45, 2.75) is 12.5 Å². The third-order valence-electron chi connectivity index (χ3n) is 4.28. The topological polar surface area (TPSA) is 120 Å². The number of sulfone groups is 1. The van der Waals surface area contributed by atoms with E-state index >= 15 is 0 Å². The number of rotatable bonds is 4. The number of hydrogen-bond donors (Lipinski definition) is 2. The molecule has 0 bridgehead atoms. The molecule has 2 N–H and O–H groups in total. The summed E-state index contributed by atoms with van der Waals surface area (Å²) in [5.74, 6) is 1.44. The molecule has 1 aromatic carbocycles. The molecule has 9 nitrogen and oxygen atoms in total. The smallest absolute Gasteiger partial charge is 0.272 e. The first kappa shape index (κ1) is 17.5. The minimum Gasteiger partial charge on any atom is -0.486 e. The second-order valence-corrected chi connectivity index (χ2v) is 8.59. The van der Waals surface area contributed by atoms with Gasteiger partial charge in [0.15, 0.2) is 32.8 Å². The Kier molecular flexibility index (Phi) is 4.56. The van der Waals surface area contributed by atoms with E-state index in [9.17, 15) is 13.2 Å². The zero-order valence-corrected chi connectivity index (χ0v) is 15.2. The van der Waals surface area contributed by atoms with Crippen molar-refractivity contribution in [1.82, 2.24) is 15.5 Å². The van der Waals surface area contributed by atoms with Gasteiger partial charge >= 0.3 is 0 Å². The summed E-state index contributed by atoms with van der Waals surface area (Å²) >= 11 is 0. The highest BCUT2D eigenvalue weighted by molar-refractivity contribution is 7.91. The molecule has 1 atom stereocenters. The van der Waals surface area contributed by atoms with Gasteiger partial charge in [-0.1, -0.05) is 0 Å². The standard InChI is InChI=1S/C17H18N4O5S/c22-17(19-12-5-8-27(23,24)10-12)13-2-4-16(21-20-13)18-11-1-3-14-15(9-11)26-7-6-25-14/h1-4,9,12H,5-8,10H2,(H,18,21)(H,19,22). The minimum absolute atomic E-state index is 0.0318. The molecule has 1 saturated heterocycles. The highest BCUT2D eigenvalue weighted by Gasteiger charge is 2.29. The Bertz CT molecular complexity index is 962. The van der Waals surface area contributed by atoms with Gasteiger partial charge in [-0.2, -0.15) is 0 Å². The molecular formula is C17H18N4O5S. The number of ether oxygens (including phenoxy) is 2. The number of anilines is 2. The molecule has 27 heavy (non-hydrogen) atoms. The number of hydrogen-bond acceptors (Lipinski definition) is 8. The van der Waals surface area contributed by atoms with Gasteiger partial charge in [0.05, 0.1) is 11.5 Å². The van der Waals surface area contributed by atoms with E-state index in [0.717, 1.165) is 5.69 Å². The van der Waals surface area contributed by atoms with E-state index in [-0.39, 0.29) is 23.2 Å². The first-order valence-electron chi connectivity index (χ1n) is 8.50. The number of carbonyl (C=O) groups excluding carboxylic acids is 1. The summed E-state index contributed by atoms with van der Waals surface area (Å²) in [4.78, 5) is 12.2. The van der Waals surface area contributed by atoms with E-state index in [4.69, 9.17) is 9.47 Å². The Balaban J connectivity index is 1.39. The SMILES string of the molecule is O=C(NC1CCS(=O)(=O)C1)c1ccc(Nc2ccc3c(c2)OCCO3)nn1. The Morgan fingerprint density at radius 2 is 1.89 bits per heavy atom. The number of amides is 1. The van der Waals surface area contributed by atoms with Gasteiger partial charge in [0.1, 0.15) is 13.2 Å². The van der Waals surface area contributed by atoms with Crippen LogP contribution < -0.4 is 20.1 Å². The molecule has 10 heteroatoms. The third kappa shape index (κ3) is 4.11. The highest BCUT2D eigenvalue weighted by Crippen LogP contribution is 2.33. The predicted molar refractivity (Wildman–Crippen MR) is 97.3 cm³/mol. The van der Waals surface area contributed by atoms with Crippen LogP contribution in [0.25, 0.3) is 0 Å². The van der Waals surface area contributed by atoms with Crippen LogP contribution in [0.2, 0.25) is 0 Å². The molecule has 4 rings (SSSR count). The number of aromatic nitrogens is 2. The van der Waals surface area contributed by atoms with Gasteiger partial charge in [-0.05, 0) is 30.7 Å². The normalized spacial score (nSPS) is 20.1. The van der Waals surface area contributed by atoms with Crippen LogP contribution in [-0.2, 0) is 9.84 Å². The molecule has 1 unspecified atom stereocenters. The van der Waals surface area contributed by atoms with Gasteiger partial charge in [-0.3, -0.25) is 4.79 Å². The van der Waals surface area contributed by atoms with Crippen LogP contribution in [0, 0.1) is 0 Å². The van der Waals surface area contributed by atoms with Gasteiger partial charge in [-0.25, -0.2) is 8.42 Å². The van der Waals surface area contributed by atoms with Crippen molar-refractivity contribution in [2.24, 2.45) is 0 Å². The molecule has 2 aromatic rings. The Hall–Kier alpha value is -2.88. The van der Waals surface area contributed by atoms with Crippen molar-refractivity contribution in [3.05, 3.63) is 36.0 Å². The lowest BCUT2D eigenvalue weighted by Gasteiger charge is -2.19. The van der Waals surface area contributed by atoms with E-state index in [1.807, 2.05) is 12.1 Å². The summed E-state index contributed by atoms with van der Waals surface area (Å²) in [6.07, 6.45) is 0.422. The fraction of sp³-hybridized carbons (Fsp3) is 0.353. The summed E-state index contributed by atoms with van der Waals surface area (Å²) in [7, 11) is -3.05. The fourth-order valence-electron chi connectivity index (χ4n) is 2.96. The first-order chi connectivity index (χ1) is 13.0. The number of carbonyl (C=O) groups is 1. The Labute approximate surface area is 156 Å². The van der Waals surface area contributed by atoms with Gasteiger partial charge in [0.2, 0.25) is 0 Å². The summed E-state index contributed by atoms with van der Waals surface area (Å²) < 4.78 is 33.9.